The van der Waals surface area contributed by atoms with Crippen LogP contribution in [0.2, 0.25) is 0 Å². The number of rotatable bonds is 6. The van der Waals surface area contributed by atoms with Crippen LogP contribution in [-0.2, 0) is 14.3 Å². The summed E-state index contributed by atoms with van der Waals surface area (Å²) in [6.07, 6.45) is 9.92. The molecule has 3 saturated heterocycles. The number of amides is 2. The monoisotopic (exact) mass is 433 g/mol. The molecule has 0 spiro atoms. The minimum absolute atomic E-state index is 0.0347. The predicted molar refractivity (Wildman–Crippen MR) is 117 cm³/mol. The SMILES string of the molecule is COCCC1(N(C)C(=O)C2NNC3CCN(C(=O)C4CC5CCCCC5N4)CC32)CC1. The Morgan fingerprint density at radius 3 is 2.68 bits per heavy atom. The Morgan fingerprint density at radius 2 is 1.94 bits per heavy atom. The minimum Gasteiger partial charge on any atom is -0.385 e. The van der Waals surface area contributed by atoms with Crippen LogP contribution in [0, 0.1) is 11.8 Å². The number of nitrogens with one attached hydrogen (secondary N) is 3. The molecule has 2 aliphatic carbocycles. The second kappa shape index (κ2) is 8.61. The van der Waals surface area contributed by atoms with E-state index in [2.05, 4.69) is 16.2 Å². The molecule has 0 aromatic carbocycles. The number of piperidine rings is 1. The number of nitrogens with zero attached hydrogens (tertiary/aromatic N) is 2. The lowest BCUT2D eigenvalue weighted by atomic mass is 9.84. The van der Waals surface area contributed by atoms with Crippen molar-refractivity contribution in [2.24, 2.45) is 11.8 Å². The van der Waals surface area contributed by atoms with E-state index < -0.39 is 0 Å². The van der Waals surface area contributed by atoms with Gasteiger partial charge < -0.3 is 19.9 Å². The van der Waals surface area contributed by atoms with E-state index in [4.69, 9.17) is 4.74 Å². The summed E-state index contributed by atoms with van der Waals surface area (Å²) in [7, 11) is 3.66. The molecule has 5 rings (SSSR count). The maximum absolute atomic E-state index is 13.4. The van der Waals surface area contributed by atoms with Crippen molar-refractivity contribution in [2.75, 3.05) is 33.9 Å². The van der Waals surface area contributed by atoms with Gasteiger partial charge in [0.05, 0.1) is 6.04 Å². The quantitative estimate of drug-likeness (QED) is 0.570. The Labute approximate surface area is 185 Å². The fraction of sp³-hybridized carbons (Fsp3) is 0.913. The van der Waals surface area contributed by atoms with Gasteiger partial charge in [-0.1, -0.05) is 12.8 Å². The molecule has 3 N–H and O–H groups in total. The molecule has 31 heavy (non-hydrogen) atoms. The second-order valence-corrected chi connectivity index (χ2v) is 10.6. The summed E-state index contributed by atoms with van der Waals surface area (Å²) in [5.41, 5.74) is 6.59. The molecule has 0 aromatic heterocycles. The van der Waals surface area contributed by atoms with E-state index >= 15 is 0 Å². The number of carbonyl (C=O) groups is 2. The van der Waals surface area contributed by atoms with Gasteiger partial charge in [-0.3, -0.25) is 15.0 Å². The molecule has 8 nitrogen and oxygen atoms in total. The van der Waals surface area contributed by atoms with Gasteiger partial charge in [-0.05, 0) is 50.9 Å². The van der Waals surface area contributed by atoms with Crippen LogP contribution in [0.3, 0.4) is 0 Å². The van der Waals surface area contributed by atoms with E-state index in [1.165, 1.54) is 25.7 Å². The average Bonchev–Trinajstić information content (AvgIpc) is 3.27. The van der Waals surface area contributed by atoms with Crippen molar-refractivity contribution in [2.45, 2.75) is 87.5 Å². The van der Waals surface area contributed by atoms with Gasteiger partial charge in [-0.25, -0.2) is 5.43 Å². The zero-order chi connectivity index (χ0) is 21.6. The Bertz CT molecular complexity index is 685. The molecule has 3 aliphatic heterocycles. The molecule has 8 heteroatoms. The Kier molecular flexibility index (Phi) is 6.01. The molecule has 2 saturated carbocycles. The summed E-state index contributed by atoms with van der Waals surface area (Å²) in [5.74, 6) is 1.18. The standard InChI is InChI=1S/C23H39N5O3/c1-27(23(8-9-23)10-12-31-2)22(30)20-16-14-28(11-7-18(16)25-26-20)21(29)19-13-15-5-3-4-6-17(15)24-19/h15-20,24-26H,3-14H2,1-2H3. The van der Waals surface area contributed by atoms with Crippen molar-refractivity contribution in [3.63, 3.8) is 0 Å². The summed E-state index contributed by atoms with van der Waals surface area (Å²) in [5, 5.41) is 3.64. The van der Waals surface area contributed by atoms with Gasteiger partial charge in [0.1, 0.15) is 6.04 Å². The van der Waals surface area contributed by atoms with Crippen molar-refractivity contribution in [3.8, 4) is 0 Å². The van der Waals surface area contributed by atoms with Gasteiger partial charge in [0.25, 0.3) is 0 Å². The molecule has 5 aliphatic rings. The largest absolute Gasteiger partial charge is 0.385 e. The van der Waals surface area contributed by atoms with Gasteiger partial charge in [-0.15, -0.1) is 0 Å². The third-order valence-corrected chi connectivity index (χ3v) is 8.89. The highest BCUT2D eigenvalue weighted by Gasteiger charge is 2.52. The van der Waals surface area contributed by atoms with Crippen LogP contribution >= 0.6 is 0 Å². The lowest BCUT2D eigenvalue weighted by molar-refractivity contribution is -0.139. The molecule has 6 unspecified atom stereocenters. The molecule has 0 radical (unpaired) electrons. The molecule has 174 valence electrons. The van der Waals surface area contributed by atoms with E-state index in [9.17, 15) is 9.59 Å². The van der Waals surface area contributed by atoms with E-state index in [1.54, 1.807) is 7.11 Å². The molecule has 2 amide bonds. The summed E-state index contributed by atoms with van der Waals surface area (Å²) in [6.45, 7) is 2.11. The third kappa shape index (κ3) is 4.01. The predicted octanol–water partition coefficient (Wildman–Crippen LogP) is 0.628. The Morgan fingerprint density at radius 1 is 1.13 bits per heavy atom. The number of fused-ring (bicyclic) bond motifs is 2. The maximum Gasteiger partial charge on any atom is 0.241 e. The van der Waals surface area contributed by atoms with Crippen LogP contribution in [0.25, 0.3) is 0 Å². The summed E-state index contributed by atoms with van der Waals surface area (Å²) in [6, 6.07) is 0.469. The van der Waals surface area contributed by atoms with Crippen molar-refractivity contribution in [1.29, 1.82) is 0 Å². The van der Waals surface area contributed by atoms with Gasteiger partial charge >= 0.3 is 0 Å². The van der Waals surface area contributed by atoms with E-state index in [0.717, 1.165) is 38.6 Å². The zero-order valence-corrected chi connectivity index (χ0v) is 19.1. The highest BCUT2D eigenvalue weighted by Crippen LogP contribution is 2.45. The lowest BCUT2D eigenvalue weighted by Crippen LogP contribution is -2.56. The fourth-order valence-corrected chi connectivity index (χ4v) is 6.61. The smallest absolute Gasteiger partial charge is 0.241 e. The van der Waals surface area contributed by atoms with Crippen LogP contribution in [0.4, 0.5) is 0 Å². The van der Waals surface area contributed by atoms with Gasteiger partial charge in [0, 0.05) is 57.4 Å². The normalized spacial score (nSPS) is 38.5. The molecule has 3 heterocycles. The molecule has 0 bridgehead atoms. The van der Waals surface area contributed by atoms with Crippen LogP contribution in [-0.4, -0.2) is 85.2 Å². The summed E-state index contributed by atoms with van der Waals surface area (Å²) >= 11 is 0. The Balaban J connectivity index is 1.21. The number of ether oxygens (including phenoxy) is 1. The van der Waals surface area contributed by atoms with Crippen LogP contribution < -0.4 is 16.2 Å². The number of hydrogen-bond acceptors (Lipinski definition) is 6. The zero-order valence-electron chi connectivity index (χ0n) is 19.1. The summed E-state index contributed by atoms with van der Waals surface area (Å²) in [4.78, 5) is 30.8. The molecular weight excluding hydrogens is 394 g/mol. The van der Waals surface area contributed by atoms with E-state index in [1.807, 2.05) is 16.8 Å². The molecule has 5 fully saturated rings. The number of likely N-dealkylation sites (tertiary alicyclic amines) is 1. The van der Waals surface area contributed by atoms with Crippen LogP contribution in [0.15, 0.2) is 0 Å². The van der Waals surface area contributed by atoms with Crippen LogP contribution in [0.5, 0.6) is 0 Å². The van der Waals surface area contributed by atoms with Crippen molar-refractivity contribution in [3.05, 3.63) is 0 Å². The van der Waals surface area contributed by atoms with Gasteiger partial charge in [-0.2, -0.15) is 0 Å². The second-order valence-electron chi connectivity index (χ2n) is 10.6. The van der Waals surface area contributed by atoms with Gasteiger partial charge in [0.2, 0.25) is 11.8 Å². The molecule has 0 aromatic rings. The Hall–Kier alpha value is -1.22. The third-order valence-electron chi connectivity index (χ3n) is 8.89. The minimum atomic E-state index is -0.273. The highest BCUT2D eigenvalue weighted by atomic mass is 16.5. The first-order valence-electron chi connectivity index (χ1n) is 12.3. The molecular formula is C23H39N5O3. The fourth-order valence-electron chi connectivity index (χ4n) is 6.61. The highest BCUT2D eigenvalue weighted by molar-refractivity contribution is 5.85. The van der Waals surface area contributed by atoms with E-state index in [0.29, 0.717) is 25.1 Å². The number of hydrogen-bond donors (Lipinski definition) is 3. The average molecular weight is 434 g/mol. The number of carbonyl (C=O) groups excluding carboxylic acids is 2. The van der Waals surface area contributed by atoms with Crippen LogP contribution in [0.1, 0.15) is 57.8 Å². The first-order valence-corrected chi connectivity index (χ1v) is 12.3. The molecule has 6 atom stereocenters. The van der Waals surface area contributed by atoms with Crippen molar-refractivity contribution < 1.29 is 14.3 Å². The lowest BCUT2D eigenvalue weighted by Gasteiger charge is -2.38. The maximum atomic E-state index is 13.4. The van der Waals surface area contributed by atoms with Crippen molar-refractivity contribution >= 4 is 11.8 Å². The van der Waals surface area contributed by atoms with Gasteiger partial charge in [0.15, 0.2) is 0 Å². The number of methoxy groups -OCH3 is 1. The number of likely N-dealkylation sites (N-methyl/N-ethyl adjacent to an activating group) is 1. The topological polar surface area (TPSA) is 85.9 Å². The first kappa shape index (κ1) is 21.6. The van der Waals surface area contributed by atoms with E-state index in [-0.39, 0.29) is 41.4 Å². The first-order chi connectivity index (χ1) is 15.0. The van der Waals surface area contributed by atoms with Crippen molar-refractivity contribution in [1.82, 2.24) is 26.0 Å². The number of hydrazine groups is 1. The summed E-state index contributed by atoms with van der Waals surface area (Å²) < 4.78 is 5.27.